The summed E-state index contributed by atoms with van der Waals surface area (Å²) in [6.45, 7) is 1.19. The number of aromatic nitrogens is 2. The summed E-state index contributed by atoms with van der Waals surface area (Å²) in [7, 11) is 1.50. The number of alkyl halides is 3. The number of hydrogen-bond acceptors (Lipinski definition) is 6. The zero-order valence-electron chi connectivity index (χ0n) is 21.2. The average molecular weight is 590 g/mol. The third-order valence-electron chi connectivity index (χ3n) is 7.34. The van der Waals surface area contributed by atoms with Crippen LogP contribution >= 0.6 is 23.4 Å². The van der Waals surface area contributed by atoms with Gasteiger partial charge in [0.15, 0.2) is 5.17 Å². The molecule has 1 aromatic heterocycles. The molecule has 0 aliphatic carbocycles. The van der Waals surface area contributed by atoms with Gasteiger partial charge in [-0.25, -0.2) is 0 Å². The summed E-state index contributed by atoms with van der Waals surface area (Å²) in [5.74, 6) is -0.353. The van der Waals surface area contributed by atoms with Crippen LogP contribution in [-0.4, -0.2) is 75.5 Å². The van der Waals surface area contributed by atoms with Crippen LogP contribution in [0.1, 0.15) is 23.1 Å². The van der Waals surface area contributed by atoms with Gasteiger partial charge in [-0.2, -0.15) is 23.3 Å². The van der Waals surface area contributed by atoms with Crippen molar-refractivity contribution >= 4 is 57.3 Å². The molecule has 8 nitrogen and oxygen atoms in total. The fourth-order valence-electron chi connectivity index (χ4n) is 5.52. The van der Waals surface area contributed by atoms with Crippen LogP contribution in [0.25, 0.3) is 17.0 Å². The zero-order valence-corrected chi connectivity index (χ0v) is 22.8. The van der Waals surface area contributed by atoms with Crippen molar-refractivity contribution in [1.29, 1.82) is 0 Å². The van der Waals surface area contributed by atoms with Gasteiger partial charge in [0, 0.05) is 30.6 Å². The number of hydrogen-bond donors (Lipinski definition) is 0. The van der Waals surface area contributed by atoms with E-state index in [1.54, 1.807) is 24.4 Å². The lowest BCUT2D eigenvalue weighted by atomic mass is 10.1. The second-order valence-electron chi connectivity index (χ2n) is 9.90. The molecule has 4 heterocycles. The van der Waals surface area contributed by atoms with E-state index in [0.29, 0.717) is 28.7 Å². The van der Waals surface area contributed by atoms with Crippen LogP contribution in [0.15, 0.2) is 52.5 Å². The molecule has 2 amide bonds. The minimum atomic E-state index is -4.54. The quantitative estimate of drug-likeness (QED) is 0.403. The molecular formula is C27H23ClF3N5O3S. The van der Waals surface area contributed by atoms with E-state index in [0.717, 1.165) is 23.4 Å². The van der Waals surface area contributed by atoms with Crippen LogP contribution < -0.4 is 0 Å². The van der Waals surface area contributed by atoms with Gasteiger partial charge in [-0.1, -0.05) is 23.7 Å². The number of amides is 2. The van der Waals surface area contributed by atoms with Gasteiger partial charge >= 0.3 is 6.18 Å². The third-order valence-corrected chi connectivity index (χ3v) is 8.60. The first kappa shape index (κ1) is 26.9. The lowest BCUT2D eigenvalue weighted by Gasteiger charge is -2.34. The minimum Gasteiger partial charge on any atom is -0.375 e. The van der Waals surface area contributed by atoms with Crippen LogP contribution in [0.3, 0.4) is 0 Å². The van der Waals surface area contributed by atoms with E-state index < -0.39 is 11.7 Å². The number of carbonyl (C=O) groups is 2. The number of fused-ring (bicyclic) bond motifs is 3. The van der Waals surface area contributed by atoms with E-state index in [1.807, 2.05) is 11.0 Å². The molecular weight excluding hydrogens is 567 g/mol. The Balaban J connectivity index is 1.16. The smallest absolute Gasteiger partial charge is 0.375 e. The SMILES string of the molecule is COCC(=O)N1CC2CC1CN2C1=NC(=O)C(=Cc2ccc3c(cnn3Cc3ccc(Cl)cc3C(F)(F)F)c2)S1. The fourth-order valence-corrected chi connectivity index (χ4v) is 6.68. The number of carbonyl (C=O) groups excluding carboxylic acids is 2. The van der Waals surface area contributed by atoms with Crippen molar-refractivity contribution in [2.24, 2.45) is 4.99 Å². The summed E-state index contributed by atoms with van der Waals surface area (Å²) < 4.78 is 47.1. The van der Waals surface area contributed by atoms with E-state index >= 15 is 0 Å². The highest BCUT2D eigenvalue weighted by Gasteiger charge is 2.47. The van der Waals surface area contributed by atoms with Crippen molar-refractivity contribution in [3.05, 3.63) is 69.2 Å². The zero-order chi connectivity index (χ0) is 28.2. The monoisotopic (exact) mass is 589 g/mol. The molecule has 3 aliphatic rings. The first-order valence-corrected chi connectivity index (χ1v) is 13.7. The van der Waals surface area contributed by atoms with Crippen LogP contribution in [0.2, 0.25) is 5.02 Å². The molecule has 0 N–H and O–H groups in total. The number of halogens is 4. The molecule has 2 unspecified atom stereocenters. The minimum absolute atomic E-state index is 0.0157. The molecule has 40 heavy (non-hydrogen) atoms. The van der Waals surface area contributed by atoms with Crippen molar-refractivity contribution in [2.75, 3.05) is 26.8 Å². The lowest BCUT2D eigenvalue weighted by Crippen LogP contribution is -2.50. The number of amidine groups is 1. The number of benzene rings is 2. The summed E-state index contributed by atoms with van der Waals surface area (Å²) in [4.78, 5) is 33.7. The molecule has 3 aliphatic heterocycles. The molecule has 2 aromatic carbocycles. The van der Waals surface area contributed by atoms with Crippen molar-refractivity contribution in [3.63, 3.8) is 0 Å². The van der Waals surface area contributed by atoms with Gasteiger partial charge in [0.05, 0.1) is 40.8 Å². The number of rotatable bonds is 5. The average Bonchev–Trinajstić information content (AvgIpc) is 3.69. The molecule has 0 spiro atoms. The highest BCUT2D eigenvalue weighted by molar-refractivity contribution is 8.18. The molecule has 0 radical (unpaired) electrons. The molecule has 208 valence electrons. The van der Waals surface area contributed by atoms with Crippen LogP contribution in [0, 0.1) is 0 Å². The topological polar surface area (TPSA) is 80.0 Å². The van der Waals surface area contributed by atoms with Gasteiger partial charge in [0.1, 0.15) is 6.61 Å². The normalized spacial score (nSPS) is 21.8. The number of likely N-dealkylation sites (tertiary alicyclic amines) is 2. The predicted octanol–water partition coefficient (Wildman–Crippen LogP) is 4.66. The van der Waals surface area contributed by atoms with Crippen LogP contribution in [-0.2, 0) is 27.0 Å². The number of ether oxygens (including phenoxy) is 1. The first-order chi connectivity index (χ1) is 19.1. The first-order valence-electron chi connectivity index (χ1n) is 12.5. The van der Waals surface area contributed by atoms with Gasteiger partial charge < -0.3 is 14.5 Å². The second-order valence-corrected chi connectivity index (χ2v) is 11.4. The maximum atomic E-state index is 13.5. The standard InChI is InChI=1S/C27H23ClF3N5O3S/c1-39-14-24(37)34-12-20-9-19(34)13-35(20)26-33-25(38)23(40-26)7-15-2-5-22-17(6-15)10-32-36(22)11-16-3-4-18(28)8-21(16)27(29,30)31/h2-8,10,19-20H,9,11-14H2,1H3. The molecule has 3 aromatic rings. The maximum Gasteiger partial charge on any atom is 0.416 e. The van der Waals surface area contributed by atoms with Crippen molar-refractivity contribution < 1.29 is 27.5 Å². The summed E-state index contributed by atoms with van der Waals surface area (Å²) in [6, 6.07) is 9.31. The second kappa shape index (κ2) is 10.2. The van der Waals surface area contributed by atoms with Crippen LogP contribution in [0.5, 0.6) is 0 Å². The summed E-state index contributed by atoms with van der Waals surface area (Å²) >= 11 is 7.11. The Labute approximate surface area is 236 Å². The Bertz CT molecular complexity index is 1590. The fraction of sp³-hybridized carbons (Fsp3) is 0.333. The third kappa shape index (κ3) is 4.99. The van der Waals surface area contributed by atoms with E-state index in [1.165, 1.54) is 35.7 Å². The molecule has 13 heteroatoms. The van der Waals surface area contributed by atoms with E-state index in [2.05, 4.69) is 15.0 Å². The highest BCUT2D eigenvalue weighted by atomic mass is 35.5. The molecule has 2 atom stereocenters. The highest BCUT2D eigenvalue weighted by Crippen LogP contribution is 2.38. The molecule has 2 fully saturated rings. The molecule has 2 bridgehead atoms. The summed E-state index contributed by atoms with van der Waals surface area (Å²) in [6.07, 6.45) is -0.360. The summed E-state index contributed by atoms with van der Waals surface area (Å²) in [5.41, 5.74) is 0.681. The van der Waals surface area contributed by atoms with Gasteiger partial charge in [-0.05, 0) is 59.7 Å². The Morgan fingerprint density at radius 3 is 2.75 bits per heavy atom. The lowest BCUT2D eigenvalue weighted by molar-refractivity contribution is -0.138. The van der Waals surface area contributed by atoms with E-state index in [4.69, 9.17) is 16.3 Å². The van der Waals surface area contributed by atoms with Gasteiger partial charge in [0.25, 0.3) is 5.91 Å². The number of thioether (sulfide) groups is 1. The Morgan fingerprint density at radius 2 is 2.02 bits per heavy atom. The van der Waals surface area contributed by atoms with Gasteiger partial charge in [0.2, 0.25) is 5.91 Å². The Kier molecular flexibility index (Phi) is 6.87. The largest absolute Gasteiger partial charge is 0.416 e. The van der Waals surface area contributed by atoms with E-state index in [9.17, 15) is 22.8 Å². The predicted molar refractivity (Wildman–Crippen MR) is 146 cm³/mol. The number of piperazine rings is 1. The molecule has 2 saturated heterocycles. The van der Waals surface area contributed by atoms with E-state index in [-0.39, 0.29) is 47.6 Å². The number of methoxy groups -OCH3 is 1. The van der Waals surface area contributed by atoms with Gasteiger partial charge in [-0.3, -0.25) is 14.3 Å². The number of nitrogens with zero attached hydrogens (tertiary/aromatic N) is 5. The molecule has 6 rings (SSSR count). The van der Waals surface area contributed by atoms with Crippen molar-refractivity contribution in [2.45, 2.75) is 31.2 Å². The van der Waals surface area contributed by atoms with Crippen molar-refractivity contribution in [3.8, 4) is 0 Å². The Morgan fingerprint density at radius 1 is 1.20 bits per heavy atom. The Hall–Kier alpha value is -3.35. The maximum absolute atomic E-state index is 13.5. The number of aliphatic imine (C=N–C) groups is 1. The van der Waals surface area contributed by atoms with Gasteiger partial charge in [-0.15, -0.1) is 0 Å². The molecule has 0 saturated carbocycles. The van der Waals surface area contributed by atoms with Crippen molar-refractivity contribution in [1.82, 2.24) is 19.6 Å². The van der Waals surface area contributed by atoms with Crippen LogP contribution in [0.4, 0.5) is 13.2 Å². The summed E-state index contributed by atoms with van der Waals surface area (Å²) in [5, 5.41) is 5.68.